The molecule has 2 aromatic carbocycles. The predicted molar refractivity (Wildman–Crippen MR) is 110 cm³/mol. The van der Waals surface area contributed by atoms with Crippen LogP contribution >= 0.6 is 22.9 Å². The second-order valence-corrected chi connectivity index (χ2v) is 7.28. The van der Waals surface area contributed by atoms with Gasteiger partial charge in [0.2, 0.25) is 0 Å². The average Bonchev–Trinajstić information content (AvgIpc) is 3.02. The third-order valence-corrected chi connectivity index (χ3v) is 5.20. The van der Waals surface area contributed by atoms with E-state index in [0.717, 1.165) is 32.6 Å². The molecule has 0 aliphatic carbocycles. The second-order valence-electron chi connectivity index (χ2n) is 5.85. The largest absolute Gasteiger partial charge is 0.315 e. The Morgan fingerprint density at radius 1 is 1.07 bits per heavy atom. The minimum atomic E-state index is -0.389. The van der Waals surface area contributed by atoms with E-state index in [4.69, 9.17) is 11.6 Å². The standard InChI is InChI=1S/C21H13ClN2O2S/c22-17-7-8-18-19(12-17)27-21(26)24(18)20(25)9-6-14-3-1-4-15(11-14)16-5-2-10-23-13-16/h1-13H. The van der Waals surface area contributed by atoms with E-state index in [1.165, 1.54) is 6.08 Å². The first kappa shape index (κ1) is 17.4. The Bertz CT molecular complexity index is 1230. The van der Waals surface area contributed by atoms with Crippen molar-refractivity contribution in [2.24, 2.45) is 0 Å². The highest BCUT2D eigenvalue weighted by Gasteiger charge is 2.12. The summed E-state index contributed by atoms with van der Waals surface area (Å²) in [6, 6.07) is 16.7. The Morgan fingerprint density at radius 2 is 1.93 bits per heavy atom. The van der Waals surface area contributed by atoms with E-state index in [-0.39, 0.29) is 10.8 Å². The van der Waals surface area contributed by atoms with Gasteiger partial charge in [-0.1, -0.05) is 47.2 Å². The Balaban J connectivity index is 1.65. The van der Waals surface area contributed by atoms with Gasteiger partial charge in [0, 0.05) is 29.1 Å². The van der Waals surface area contributed by atoms with E-state index in [9.17, 15) is 9.59 Å². The molecule has 0 unspecified atom stereocenters. The van der Waals surface area contributed by atoms with Crippen molar-refractivity contribution in [3.8, 4) is 11.1 Å². The van der Waals surface area contributed by atoms with Crippen molar-refractivity contribution < 1.29 is 4.79 Å². The Labute approximate surface area is 164 Å². The quantitative estimate of drug-likeness (QED) is 0.454. The number of halogens is 1. The number of hydrogen-bond acceptors (Lipinski definition) is 4. The van der Waals surface area contributed by atoms with Gasteiger partial charge in [-0.3, -0.25) is 14.6 Å². The van der Waals surface area contributed by atoms with Gasteiger partial charge in [0.05, 0.1) is 10.2 Å². The average molecular weight is 393 g/mol. The van der Waals surface area contributed by atoms with Crippen LogP contribution in [0.25, 0.3) is 27.4 Å². The molecule has 4 nitrogen and oxygen atoms in total. The van der Waals surface area contributed by atoms with Gasteiger partial charge in [-0.15, -0.1) is 0 Å². The molecule has 0 aliphatic rings. The van der Waals surface area contributed by atoms with Crippen LogP contribution in [0.3, 0.4) is 0 Å². The molecule has 0 saturated heterocycles. The van der Waals surface area contributed by atoms with Crippen molar-refractivity contribution in [1.29, 1.82) is 0 Å². The van der Waals surface area contributed by atoms with Crippen LogP contribution in [-0.2, 0) is 0 Å². The molecule has 2 aromatic heterocycles. The molecule has 4 aromatic rings. The third-order valence-electron chi connectivity index (χ3n) is 4.06. The van der Waals surface area contributed by atoms with Crippen LogP contribution in [0.1, 0.15) is 10.4 Å². The van der Waals surface area contributed by atoms with Gasteiger partial charge in [0.1, 0.15) is 0 Å². The van der Waals surface area contributed by atoms with E-state index in [0.29, 0.717) is 15.2 Å². The van der Waals surface area contributed by atoms with Crippen molar-refractivity contribution in [2.45, 2.75) is 0 Å². The molecule has 0 amide bonds. The molecular formula is C21H13ClN2O2S. The summed E-state index contributed by atoms with van der Waals surface area (Å²) in [4.78, 5) is 28.6. The van der Waals surface area contributed by atoms with Crippen LogP contribution < -0.4 is 4.87 Å². The zero-order valence-corrected chi connectivity index (χ0v) is 15.6. The fourth-order valence-electron chi connectivity index (χ4n) is 2.80. The normalized spacial score (nSPS) is 11.3. The highest BCUT2D eigenvalue weighted by molar-refractivity contribution is 7.16. The van der Waals surface area contributed by atoms with Crippen molar-refractivity contribution >= 4 is 45.1 Å². The first-order valence-electron chi connectivity index (χ1n) is 8.16. The summed E-state index contributed by atoms with van der Waals surface area (Å²) >= 11 is 6.96. The molecule has 132 valence electrons. The predicted octanol–water partition coefficient (Wildman–Crippen LogP) is 5.13. The summed E-state index contributed by atoms with van der Waals surface area (Å²) in [5, 5.41) is 0.533. The summed E-state index contributed by atoms with van der Waals surface area (Å²) in [5.74, 6) is -0.389. The number of carbonyl (C=O) groups excluding carboxylic acids is 1. The lowest BCUT2D eigenvalue weighted by Crippen LogP contribution is -2.19. The highest BCUT2D eigenvalue weighted by Crippen LogP contribution is 2.22. The van der Waals surface area contributed by atoms with Crippen LogP contribution in [0, 0.1) is 0 Å². The van der Waals surface area contributed by atoms with Crippen LogP contribution in [0.2, 0.25) is 5.02 Å². The number of carbonyl (C=O) groups is 1. The smallest absolute Gasteiger partial charge is 0.269 e. The molecule has 0 saturated carbocycles. The number of benzene rings is 2. The first-order valence-corrected chi connectivity index (χ1v) is 9.35. The molecule has 2 heterocycles. The third kappa shape index (κ3) is 3.60. The summed E-state index contributed by atoms with van der Waals surface area (Å²) in [5.41, 5.74) is 3.43. The molecule has 6 heteroatoms. The topological polar surface area (TPSA) is 52.0 Å². The van der Waals surface area contributed by atoms with E-state index in [1.807, 2.05) is 36.4 Å². The number of pyridine rings is 1. The fourth-order valence-corrected chi connectivity index (χ4v) is 3.95. The molecule has 0 spiro atoms. The minimum absolute atomic E-state index is 0.328. The van der Waals surface area contributed by atoms with Gasteiger partial charge in [0.15, 0.2) is 0 Å². The van der Waals surface area contributed by atoms with Gasteiger partial charge in [0.25, 0.3) is 5.91 Å². The SMILES string of the molecule is O=C(C=Cc1cccc(-c2cccnc2)c1)n1c(=O)sc2cc(Cl)ccc21. The fraction of sp³-hybridized carbons (Fsp3) is 0. The van der Waals surface area contributed by atoms with Crippen LogP contribution in [0.4, 0.5) is 0 Å². The van der Waals surface area contributed by atoms with Crippen molar-refractivity contribution in [3.63, 3.8) is 0 Å². The van der Waals surface area contributed by atoms with Crippen LogP contribution in [0.5, 0.6) is 0 Å². The number of fused-ring (bicyclic) bond motifs is 1. The van der Waals surface area contributed by atoms with Gasteiger partial charge in [-0.25, -0.2) is 4.57 Å². The van der Waals surface area contributed by atoms with E-state index >= 15 is 0 Å². The molecule has 0 bridgehead atoms. The summed E-state index contributed by atoms with van der Waals surface area (Å²) < 4.78 is 1.85. The first-order chi connectivity index (χ1) is 13.1. The Hall–Kier alpha value is -3.02. The summed E-state index contributed by atoms with van der Waals surface area (Å²) in [6.45, 7) is 0. The monoisotopic (exact) mass is 392 g/mol. The molecule has 0 N–H and O–H groups in total. The second kappa shape index (κ2) is 7.31. The van der Waals surface area contributed by atoms with Gasteiger partial charge < -0.3 is 0 Å². The lowest BCUT2D eigenvalue weighted by atomic mass is 10.0. The van der Waals surface area contributed by atoms with Gasteiger partial charge in [-0.2, -0.15) is 0 Å². The molecule has 0 atom stereocenters. The Kier molecular flexibility index (Phi) is 4.71. The number of hydrogen-bond donors (Lipinski definition) is 0. The minimum Gasteiger partial charge on any atom is -0.269 e. The zero-order chi connectivity index (χ0) is 18.8. The highest BCUT2D eigenvalue weighted by atomic mass is 35.5. The van der Waals surface area contributed by atoms with Gasteiger partial charge >= 0.3 is 4.87 Å². The number of nitrogens with zero attached hydrogens (tertiary/aromatic N) is 2. The molecule has 4 rings (SSSR count). The lowest BCUT2D eigenvalue weighted by Gasteiger charge is -2.02. The molecule has 0 fully saturated rings. The number of rotatable bonds is 3. The van der Waals surface area contributed by atoms with E-state index in [2.05, 4.69) is 4.98 Å². The van der Waals surface area contributed by atoms with Gasteiger partial charge in [-0.05, 0) is 47.5 Å². The van der Waals surface area contributed by atoms with E-state index in [1.54, 1.807) is 36.7 Å². The van der Waals surface area contributed by atoms with Crippen molar-refractivity contribution in [3.05, 3.63) is 93.3 Å². The Morgan fingerprint density at radius 3 is 2.74 bits per heavy atom. The number of aromatic nitrogens is 2. The van der Waals surface area contributed by atoms with E-state index < -0.39 is 0 Å². The zero-order valence-electron chi connectivity index (χ0n) is 14.0. The maximum Gasteiger partial charge on any atom is 0.315 e. The maximum atomic E-state index is 12.6. The van der Waals surface area contributed by atoms with Crippen molar-refractivity contribution in [2.75, 3.05) is 0 Å². The molecule has 0 aliphatic heterocycles. The van der Waals surface area contributed by atoms with Crippen LogP contribution in [0.15, 0.2) is 77.9 Å². The maximum absolute atomic E-state index is 12.6. The molecule has 0 radical (unpaired) electrons. The lowest BCUT2D eigenvalue weighted by molar-refractivity contribution is 0.0972. The van der Waals surface area contributed by atoms with Crippen molar-refractivity contribution in [1.82, 2.24) is 9.55 Å². The molecular weight excluding hydrogens is 380 g/mol. The van der Waals surface area contributed by atoms with Crippen LogP contribution in [-0.4, -0.2) is 15.5 Å². The summed E-state index contributed by atoms with van der Waals surface area (Å²) in [6.07, 6.45) is 6.62. The summed E-state index contributed by atoms with van der Waals surface area (Å²) in [7, 11) is 0. The molecule has 27 heavy (non-hydrogen) atoms. The number of allylic oxidation sites excluding steroid dienone is 1. The number of thiazole rings is 1.